The number of rotatable bonds is 7. The molecule has 0 aliphatic rings. The van der Waals surface area contributed by atoms with Crippen LogP contribution in [0.1, 0.15) is 17.5 Å². The average Bonchev–Trinajstić information content (AvgIpc) is 2.89. The van der Waals surface area contributed by atoms with E-state index in [2.05, 4.69) is 5.32 Å². The predicted molar refractivity (Wildman–Crippen MR) is 70.3 cm³/mol. The Balaban J connectivity index is 2.97. The number of ether oxygens (including phenoxy) is 1. The molecule has 1 amide bonds. The van der Waals surface area contributed by atoms with Crippen LogP contribution in [0.3, 0.4) is 0 Å². The summed E-state index contributed by atoms with van der Waals surface area (Å²) in [5.41, 5.74) is -1.67. The van der Waals surface area contributed by atoms with Gasteiger partial charge in [0.2, 0.25) is 5.09 Å². The lowest BCUT2D eigenvalue weighted by Crippen LogP contribution is -2.55. The van der Waals surface area contributed by atoms with E-state index >= 15 is 0 Å². The molecular weight excluding hydrogens is 304 g/mol. The molecule has 1 aromatic heterocycles. The highest BCUT2D eigenvalue weighted by Gasteiger charge is 2.36. The van der Waals surface area contributed by atoms with E-state index in [9.17, 15) is 18.0 Å². The van der Waals surface area contributed by atoms with Gasteiger partial charge in [0.25, 0.3) is 15.9 Å². The Labute approximate surface area is 121 Å². The molecule has 1 rings (SSSR count). The Morgan fingerprint density at radius 2 is 2.05 bits per heavy atom. The molecule has 0 aromatic carbocycles. The van der Waals surface area contributed by atoms with Crippen molar-refractivity contribution in [1.82, 2.24) is 10.0 Å². The van der Waals surface area contributed by atoms with Gasteiger partial charge in [0, 0.05) is 7.11 Å². The molecule has 1 unspecified atom stereocenters. The van der Waals surface area contributed by atoms with Crippen LogP contribution in [0, 0.1) is 0 Å². The van der Waals surface area contributed by atoms with Gasteiger partial charge in [-0.1, -0.05) is 0 Å². The highest BCUT2D eigenvalue weighted by molar-refractivity contribution is 7.89. The van der Waals surface area contributed by atoms with E-state index in [1.54, 1.807) is 0 Å². The van der Waals surface area contributed by atoms with Crippen molar-refractivity contribution in [2.24, 2.45) is 0 Å². The Kier molecular flexibility index (Phi) is 5.10. The van der Waals surface area contributed by atoms with Crippen LogP contribution in [0.5, 0.6) is 0 Å². The molecule has 0 saturated heterocycles. The maximum Gasteiger partial charge on any atom is 0.331 e. The summed E-state index contributed by atoms with van der Waals surface area (Å²) in [6.45, 7) is 0.987. The van der Waals surface area contributed by atoms with Crippen LogP contribution in [0.2, 0.25) is 0 Å². The maximum absolute atomic E-state index is 11.9. The monoisotopic (exact) mass is 320 g/mol. The third-order valence-electron chi connectivity index (χ3n) is 2.63. The summed E-state index contributed by atoms with van der Waals surface area (Å²) in [5, 5.41) is 10.9. The Morgan fingerprint density at radius 3 is 2.52 bits per heavy atom. The number of sulfonamides is 1. The maximum atomic E-state index is 11.9. The predicted octanol–water partition coefficient (Wildman–Crippen LogP) is -0.593. The van der Waals surface area contributed by atoms with Crippen LogP contribution in [0.15, 0.2) is 21.6 Å². The summed E-state index contributed by atoms with van der Waals surface area (Å²) in [4.78, 5) is 23.1. The largest absolute Gasteiger partial charge is 0.479 e. The molecule has 0 saturated carbocycles. The standard InChI is InChI=1S/C11H16N2O7S/c1-11(6-19-3,10(15)16)13-9(14)7-4-5-8(20-7)21(17,18)12-2/h4-5,12H,6H2,1-3H3,(H,13,14)(H,15,16). The van der Waals surface area contributed by atoms with Crippen molar-refractivity contribution in [2.75, 3.05) is 20.8 Å². The highest BCUT2D eigenvalue weighted by Crippen LogP contribution is 2.15. The highest BCUT2D eigenvalue weighted by atomic mass is 32.2. The summed E-state index contributed by atoms with van der Waals surface area (Å²) < 4.78 is 34.7. The minimum Gasteiger partial charge on any atom is -0.479 e. The Hall–Kier alpha value is -1.91. The van der Waals surface area contributed by atoms with E-state index in [4.69, 9.17) is 14.3 Å². The zero-order valence-electron chi connectivity index (χ0n) is 11.7. The van der Waals surface area contributed by atoms with Gasteiger partial charge in [-0.05, 0) is 26.1 Å². The third kappa shape index (κ3) is 3.80. The van der Waals surface area contributed by atoms with Crippen molar-refractivity contribution in [3.05, 3.63) is 17.9 Å². The Bertz CT molecular complexity index is 637. The Morgan fingerprint density at radius 1 is 1.43 bits per heavy atom. The summed E-state index contributed by atoms with van der Waals surface area (Å²) in [7, 11) is -1.34. The first kappa shape index (κ1) is 17.1. The van der Waals surface area contributed by atoms with E-state index < -0.39 is 32.5 Å². The number of carboxylic acid groups (broad SMARTS) is 1. The van der Waals surface area contributed by atoms with E-state index in [1.807, 2.05) is 4.72 Å². The molecule has 1 atom stereocenters. The molecule has 1 heterocycles. The van der Waals surface area contributed by atoms with E-state index in [0.29, 0.717) is 0 Å². The molecule has 21 heavy (non-hydrogen) atoms. The molecule has 0 fully saturated rings. The molecule has 3 N–H and O–H groups in total. The second-order valence-electron chi connectivity index (χ2n) is 4.35. The molecule has 0 aliphatic heterocycles. The van der Waals surface area contributed by atoms with Crippen molar-refractivity contribution in [3.63, 3.8) is 0 Å². The van der Waals surface area contributed by atoms with Gasteiger partial charge < -0.3 is 19.6 Å². The van der Waals surface area contributed by atoms with Crippen LogP contribution in [0.25, 0.3) is 0 Å². The molecule has 9 nitrogen and oxygen atoms in total. The van der Waals surface area contributed by atoms with Crippen molar-refractivity contribution < 1.29 is 32.3 Å². The van der Waals surface area contributed by atoms with Crippen molar-refractivity contribution in [1.29, 1.82) is 0 Å². The summed E-state index contributed by atoms with van der Waals surface area (Å²) in [5.74, 6) is -2.49. The molecule has 0 aliphatic carbocycles. The van der Waals surface area contributed by atoms with E-state index in [0.717, 1.165) is 12.1 Å². The molecule has 10 heteroatoms. The lowest BCUT2D eigenvalue weighted by Gasteiger charge is -2.24. The van der Waals surface area contributed by atoms with Crippen LogP contribution in [-0.4, -0.2) is 51.7 Å². The second-order valence-corrected chi connectivity index (χ2v) is 6.17. The molecule has 118 valence electrons. The first-order chi connectivity index (χ1) is 9.66. The molecule has 1 aromatic rings. The zero-order chi connectivity index (χ0) is 16.3. The molecular formula is C11H16N2O7S. The fraction of sp³-hybridized carbons (Fsp3) is 0.455. The summed E-state index contributed by atoms with van der Waals surface area (Å²) >= 11 is 0. The molecule has 0 radical (unpaired) electrons. The normalized spacial score (nSPS) is 14.4. The number of carboxylic acids is 1. The van der Waals surface area contributed by atoms with E-state index in [-0.39, 0.29) is 12.4 Å². The first-order valence-corrected chi connectivity index (χ1v) is 7.23. The smallest absolute Gasteiger partial charge is 0.331 e. The lowest BCUT2D eigenvalue weighted by molar-refractivity contribution is -0.145. The number of furan rings is 1. The fourth-order valence-electron chi connectivity index (χ4n) is 1.44. The third-order valence-corrected chi connectivity index (χ3v) is 3.92. The van der Waals surface area contributed by atoms with Gasteiger partial charge in [-0.2, -0.15) is 0 Å². The van der Waals surface area contributed by atoms with Crippen molar-refractivity contribution in [2.45, 2.75) is 17.6 Å². The number of hydrogen-bond acceptors (Lipinski definition) is 6. The average molecular weight is 320 g/mol. The lowest BCUT2D eigenvalue weighted by atomic mass is 10.0. The minimum absolute atomic E-state index is 0.267. The number of aliphatic carboxylic acids is 1. The van der Waals surface area contributed by atoms with Gasteiger partial charge in [-0.15, -0.1) is 0 Å². The topological polar surface area (TPSA) is 135 Å². The number of methoxy groups -OCH3 is 1. The second kappa shape index (κ2) is 6.24. The minimum atomic E-state index is -3.82. The number of carbonyl (C=O) groups is 2. The SMILES string of the molecule is CNS(=O)(=O)c1ccc(C(=O)NC(C)(COC)C(=O)O)o1. The fourth-order valence-corrected chi connectivity index (χ4v) is 2.09. The number of nitrogens with one attached hydrogen (secondary N) is 2. The van der Waals surface area contributed by atoms with Crippen molar-refractivity contribution >= 4 is 21.9 Å². The van der Waals surface area contributed by atoms with E-state index in [1.165, 1.54) is 21.1 Å². The van der Waals surface area contributed by atoms with Crippen LogP contribution in [-0.2, 0) is 19.6 Å². The van der Waals surface area contributed by atoms with Crippen LogP contribution >= 0.6 is 0 Å². The summed E-state index contributed by atoms with van der Waals surface area (Å²) in [6, 6.07) is 2.23. The van der Waals surface area contributed by atoms with Gasteiger partial charge in [-0.25, -0.2) is 17.9 Å². The van der Waals surface area contributed by atoms with Gasteiger partial charge in [0.15, 0.2) is 11.3 Å². The van der Waals surface area contributed by atoms with Gasteiger partial charge >= 0.3 is 5.97 Å². The number of amides is 1. The first-order valence-electron chi connectivity index (χ1n) is 5.74. The van der Waals surface area contributed by atoms with Crippen LogP contribution in [0.4, 0.5) is 0 Å². The van der Waals surface area contributed by atoms with Gasteiger partial charge in [0.1, 0.15) is 0 Å². The summed E-state index contributed by atoms with van der Waals surface area (Å²) in [6.07, 6.45) is 0. The quantitative estimate of drug-likeness (QED) is 0.611. The van der Waals surface area contributed by atoms with Gasteiger partial charge in [0.05, 0.1) is 6.61 Å². The van der Waals surface area contributed by atoms with Crippen LogP contribution < -0.4 is 10.0 Å². The molecule has 0 spiro atoms. The van der Waals surface area contributed by atoms with Gasteiger partial charge in [-0.3, -0.25) is 4.79 Å². The zero-order valence-corrected chi connectivity index (χ0v) is 12.5. The molecule has 0 bridgehead atoms. The van der Waals surface area contributed by atoms with Crippen molar-refractivity contribution in [3.8, 4) is 0 Å². The number of hydrogen-bond donors (Lipinski definition) is 3. The number of carbonyl (C=O) groups excluding carboxylic acids is 1.